The molecule has 14 heteroatoms. The number of carbonyl (C=O) groups excluding carboxylic acids is 5. The van der Waals surface area contributed by atoms with Crippen molar-refractivity contribution in [1.82, 2.24) is 21.3 Å². The van der Waals surface area contributed by atoms with E-state index >= 15 is 0 Å². The van der Waals surface area contributed by atoms with Crippen LogP contribution in [0.4, 0.5) is 13.2 Å². The van der Waals surface area contributed by atoms with Gasteiger partial charge in [0, 0.05) is 18.4 Å². The maximum Gasteiger partial charge on any atom is 0.416 e. The Morgan fingerprint density at radius 2 is 1.28 bits per heavy atom. The number of carbonyl (C=O) groups is 5. The van der Waals surface area contributed by atoms with Gasteiger partial charge in [0.05, 0.1) is 19.1 Å². The predicted octanol–water partition coefficient (Wildman–Crippen LogP) is 1.60. The third-order valence-electron chi connectivity index (χ3n) is 6.79. The van der Waals surface area contributed by atoms with E-state index in [0.29, 0.717) is 11.1 Å². The first kappa shape index (κ1) is 35.2. The molecule has 11 nitrogen and oxygen atoms in total. The minimum atomic E-state index is -5.09. The predicted molar refractivity (Wildman–Crippen MR) is 162 cm³/mol. The number of nitrogens with one attached hydrogen (secondary N) is 4. The maximum atomic E-state index is 13.1. The van der Waals surface area contributed by atoms with E-state index in [1.807, 2.05) is 35.6 Å². The number of primary amides is 1. The van der Waals surface area contributed by atoms with Gasteiger partial charge in [-0.1, -0.05) is 72.8 Å². The summed E-state index contributed by atoms with van der Waals surface area (Å²) in [5, 5.41) is 18.8. The normalized spacial score (nSPS) is 13.0. The molecule has 3 rings (SSSR count). The van der Waals surface area contributed by atoms with Gasteiger partial charge in [-0.15, -0.1) is 0 Å². The molecule has 7 N–H and O–H groups in total. The van der Waals surface area contributed by atoms with E-state index < -0.39 is 79.8 Å². The van der Waals surface area contributed by atoms with Gasteiger partial charge in [0.1, 0.15) is 6.04 Å². The lowest BCUT2D eigenvalue weighted by Crippen LogP contribution is -2.54. The summed E-state index contributed by atoms with van der Waals surface area (Å²) in [6.07, 6.45) is -9.21. The molecular weight excluding hydrogens is 607 g/mol. The Hall–Kier alpha value is -5.24. The van der Waals surface area contributed by atoms with Crippen molar-refractivity contribution in [3.8, 4) is 11.1 Å². The summed E-state index contributed by atoms with van der Waals surface area (Å²) in [4.78, 5) is 61.8. The average Bonchev–Trinajstić information content (AvgIpc) is 3.04. The highest BCUT2D eigenvalue weighted by atomic mass is 19.4. The number of nitrogens with two attached hydrogens (primary N) is 1. The van der Waals surface area contributed by atoms with E-state index in [4.69, 9.17) is 5.73 Å². The minimum Gasteiger partial charge on any atom is -0.382 e. The van der Waals surface area contributed by atoms with Crippen LogP contribution in [0.1, 0.15) is 28.8 Å². The highest BCUT2D eigenvalue weighted by Gasteiger charge is 2.44. The molecule has 0 radical (unpaired) electrons. The first-order valence-electron chi connectivity index (χ1n) is 14.2. The van der Waals surface area contributed by atoms with E-state index in [9.17, 15) is 42.3 Å². The highest BCUT2D eigenvalue weighted by Crippen LogP contribution is 2.24. The Morgan fingerprint density at radius 3 is 1.87 bits per heavy atom. The lowest BCUT2D eigenvalue weighted by Gasteiger charge is -2.26. The van der Waals surface area contributed by atoms with E-state index in [2.05, 4.69) is 16.0 Å². The third kappa shape index (κ3) is 11.4. The number of aliphatic hydroxyl groups is 1. The lowest BCUT2D eigenvalue weighted by molar-refractivity contribution is -0.212. The van der Waals surface area contributed by atoms with E-state index in [1.54, 1.807) is 54.6 Å². The van der Waals surface area contributed by atoms with Crippen LogP contribution in [0.15, 0.2) is 84.9 Å². The zero-order chi connectivity index (χ0) is 33.7. The molecular formula is C32H34F3N5O6. The van der Waals surface area contributed by atoms with Crippen molar-refractivity contribution >= 4 is 29.5 Å². The van der Waals surface area contributed by atoms with Gasteiger partial charge < -0.3 is 32.1 Å². The second-order valence-electron chi connectivity index (χ2n) is 10.3. The highest BCUT2D eigenvalue weighted by molar-refractivity contribution is 5.97. The molecule has 0 saturated heterocycles. The van der Waals surface area contributed by atoms with Crippen LogP contribution in [0.25, 0.3) is 11.1 Å². The minimum absolute atomic E-state index is 0.0110. The van der Waals surface area contributed by atoms with Crippen LogP contribution < -0.4 is 27.0 Å². The van der Waals surface area contributed by atoms with Crippen LogP contribution in [0.3, 0.4) is 0 Å². The number of alkyl halides is 3. The monoisotopic (exact) mass is 641 g/mol. The van der Waals surface area contributed by atoms with Crippen LogP contribution in [0, 0.1) is 0 Å². The fourth-order valence-electron chi connectivity index (χ4n) is 4.39. The first-order chi connectivity index (χ1) is 21.8. The molecule has 0 aliphatic heterocycles. The van der Waals surface area contributed by atoms with Crippen molar-refractivity contribution in [3.05, 3.63) is 96.1 Å². The number of rotatable bonds is 15. The zero-order valence-corrected chi connectivity index (χ0v) is 24.6. The Bertz CT molecular complexity index is 1490. The maximum absolute atomic E-state index is 13.1. The van der Waals surface area contributed by atoms with Crippen molar-refractivity contribution in [3.63, 3.8) is 0 Å². The number of aliphatic hydroxyl groups excluding tert-OH is 1. The summed E-state index contributed by atoms with van der Waals surface area (Å²) in [6, 6.07) is 21.7. The molecule has 3 atom stereocenters. The van der Waals surface area contributed by atoms with Crippen molar-refractivity contribution in [2.75, 3.05) is 13.1 Å². The fraction of sp³-hybridized carbons (Fsp3) is 0.281. The zero-order valence-electron chi connectivity index (χ0n) is 24.6. The van der Waals surface area contributed by atoms with E-state index in [1.165, 1.54) is 0 Å². The summed E-state index contributed by atoms with van der Waals surface area (Å²) < 4.78 is 39.2. The van der Waals surface area contributed by atoms with E-state index in [-0.39, 0.29) is 6.42 Å². The van der Waals surface area contributed by atoms with Gasteiger partial charge in [0.15, 0.2) is 6.10 Å². The molecule has 0 spiro atoms. The van der Waals surface area contributed by atoms with Crippen LogP contribution in [-0.4, -0.2) is 72.1 Å². The molecule has 5 amide bonds. The van der Waals surface area contributed by atoms with Gasteiger partial charge in [-0.3, -0.25) is 24.0 Å². The van der Waals surface area contributed by atoms with Gasteiger partial charge in [0.2, 0.25) is 23.6 Å². The number of amides is 5. The molecule has 0 aliphatic carbocycles. The van der Waals surface area contributed by atoms with Crippen LogP contribution in [0.2, 0.25) is 0 Å². The number of halogens is 3. The Balaban J connectivity index is 1.59. The van der Waals surface area contributed by atoms with Crippen LogP contribution >= 0.6 is 0 Å². The Kier molecular flexibility index (Phi) is 12.8. The Labute approximate surface area is 262 Å². The molecule has 0 aliphatic rings. The molecule has 3 aromatic carbocycles. The third-order valence-corrected chi connectivity index (χ3v) is 6.79. The van der Waals surface area contributed by atoms with Crippen LogP contribution in [0.5, 0.6) is 0 Å². The van der Waals surface area contributed by atoms with Gasteiger partial charge in [-0.2, -0.15) is 13.2 Å². The topological polar surface area (TPSA) is 180 Å². The first-order valence-corrected chi connectivity index (χ1v) is 14.2. The van der Waals surface area contributed by atoms with Crippen molar-refractivity contribution in [2.24, 2.45) is 5.73 Å². The molecule has 244 valence electrons. The van der Waals surface area contributed by atoms with Gasteiger partial charge in [0.25, 0.3) is 5.91 Å². The summed E-state index contributed by atoms with van der Waals surface area (Å²) in [7, 11) is 0. The van der Waals surface area contributed by atoms with Gasteiger partial charge in [-0.25, -0.2) is 0 Å². The summed E-state index contributed by atoms with van der Waals surface area (Å²) >= 11 is 0. The molecule has 0 fully saturated rings. The Morgan fingerprint density at radius 1 is 0.739 bits per heavy atom. The van der Waals surface area contributed by atoms with Gasteiger partial charge in [-0.05, 0) is 35.2 Å². The summed E-state index contributed by atoms with van der Waals surface area (Å²) in [6.45, 7) is -1.28. The second kappa shape index (κ2) is 16.7. The molecule has 0 aromatic heterocycles. The van der Waals surface area contributed by atoms with E-state index in [0.717, 1.165) is 11.1 Å². The molecule has 0 heterocycles. The smallest absolute Gasteiger partial charge is 0.382 e. The second-order valence-corrected chi connectivity index (χ2v) is 10.3. The standard InChI is InChI=1S/C32H34F3N5O6/c33-32(34,35)29(44)24(15-16-26(36)41)39-27(42)19-38-31(46)25(17-20-7-3-1-4-8-20)40-28(43)18-37-30(45)23-13-11-22(12-14-23)21-9-5-2-6-10-21/h1-14,24-25,29,44H,15-19H2,(H2,36,41)(H,37,45)(H,38,46)(H,39,42)(H,40,43)/t24?,25-,29?/m0/s1. The SMILES string of the molecule is NC(=O)CCC(NC(=O)CNC(=O)[C@H](Cc1ccccc1)NC(=O)CNC(=O)c1ccc(-c2ccccc2)cc1)C(O)C(F)(F)F. The molecule has 0 bridgehead atoms. The molecule has 2 unspecified atom stereocenters. The molecule has 3 aromatic rings. The average molecular weight is 642 g/mol. The van der Waals surface area contributed by atoms with Crippen molar-refractivity contribution < 1.29 is 42.3 Å². The number of hydrogen-bond acceptors (Lipinski definition) is 6. The van der Waals surface area contributed by atoms with Gasteiger partial charge >= 0.3 is 6.18 Å². The molecule has 0 saturated carbocycles. The largest absolute Gasteiger partial charge is 0.416 e. The van der Waals surface area contributed by atoms with Crippen molar-refractivity contribution in [1.29, 1.82) is 0 Å². The summed E-state index contributed by atoms with van der Waals surface area (Å²) in [5.74, 6) is -4.09. The quantitative estimate of drug-likeness (QED) is 0.147. The van der Waals surface area contributed by atoms with Crippen molar-refractivity contribution in [2.45, 2.75) is 43.6 Å². The number of hydrogen-bond donors (Lipinski definition) is 6. The summed E-state index contributed by atoms with van der Waals surface area (Å²) in [5.41, 5.74) is 7.80. The van der Waals surface area contributed by atoms with Crippen LogP contribution in [-0.2, 0) is 25.6 Å². The fourth-order valence-corrected chi connectivity index (χ4v) is 4.39. The molecule has 46 heavy (non-hydrogen) atoms. The number of benzene rings is 3. The lowest BCUT2D eigenvalue weighted by atomic mass is 10.0.